The summed E-state index contributed by atoms with van der Waals surface area (Å²) in [6.45, 7) is 2.16. The van der Waals surface area contributed by atoms with Crippen LogP contribution in [0.3, 0.4) is 0 Å². The van der Waals surface area contributed by atoms with Crippen molar-refractivity contribution in [2.45, 2.75) is 6.92 Å². The van der Waals surface area contributed by atoms with Crippen LogP contribution in [-0.2, 0) is 7.05 Å². The van der Waals surface area contributed by atoms with E-state index in [1.807, 2.05) is 25.5 Å². The highest BCUT2D eigenvalue weighted by Gasteiger charge is 2.15. The molecule has 0 spiro atoms. The van der Waals surface area contributed by atoms with Crippen LogP contribution in [0.2, 0.25) is 0 Å². The van der Waals surface area contributed by atoms with E-state index in [0.29, 0.717) is 0 Å². The number of fused-ring (bicyclic) bond motifs is 1. The van der Waals surface area contributed by atoms with Crippen molar-refractivity contribution in [2.24, 2.45) is 7.05 Å². The Morgan fingerprint density at radius 3 is 2.67 bits per heavy atom. The molecule has 0 bridgehead atoms. The van der Waals surface area contributed by atoms with Crippen molar-refractivity contribution in [1.82, 2.24) is 4.98 Å². The quantitative estimate of drug-likeness (QED) is 0.592. The summed E-state index contributed by atoms with van der Waals surface area (Å²) in [7, 11) is 2.02. The van der Waals surface area contributed by atoms with Gasteiger partial charge in [-0.3, -0.25) is 0 Å². The molecule has 0 aliphatic heterocycles. The molecule has 2 heteroatoms. The molecule has 0 atom stereocenters. The van der Waals surface area contributed by atoms with E-state index in [1.165, 1.54) is 21.9 Å². The number of hydrogen-bond acceptors (Lipinski definition) is 1. The highest BCUT2D eigenvalue weighted by molar-refractivity contribution is 5.90. The molecule has 0 aliphatic carbocycles. The van der Waals surface area contributed by atoms with Crippen LogP contribution in [-0.4, -0.2) is 4.98 Å². The number of hydrogen-bond donors (Lipinski definition) is 0. The summed E-state index contributed by atoms with van der Waals surface area (Å²) < 4.78 is 2.05. The average molecular weight is 235 g/mol. The molecule has 0 saturated carbocycles. The first-order valence-corrected chi connectivity index (χ1v) is 6.07. The van der Waals surface area contributed by atoms with Gasteiger partial charge in [-0.15, -0.1) is 0 Å². The number of aromatic nitrogens is 2. The third kappa shape index (κ3) is 1.66. The van der Waals surface area contributed by atoms with Gasteiger partial charge in [-0.25, -0.2) is 4.57 Å². The molecule has 1 heterocycles. The van der Waals surface area contributed by atoms with Crippen molar-refractivity contribution >= 4 is 10.8 Å². The van der Waals surface area contributed by atoms with Crippen molar-refractivity contribution in [1.29, 1.82) is 0 Å². The second kappa shape index (κ2) is 4.22. The van der Waals surface area contributed by atoms with Gasteiger partial charge in [0.05, 0.1) is 18.8 Å². The molecule has 2 nitrogen and oxygen atoms in total. The minimum absolute atomic E-state index is 1.00. The van der Waals surface area contributed by atoms with Crippen LogP contribution in [0.25, 0.3) is 22.2 Å². The maximum atomic E-state index is 4.48. The lowest BCUT2D eigenvalue weighted by Crippen LogP contribution is -2.31. The number of rotatable bonds is 1. The second-order valence-corrected chi connectivity index (χ2v) is 4.51. The SMILES string of the molecule is Cc1c(-c2nccc[n+]2C)ccc2ccccc12. The Morgan fingerprint density at radius 1 is 1.00 bits per heavy atom. The Kier molecular flexibility index (Phi) is 2.56. The molecule has 3 rings (SSSR count). The van der Waals surface area contributed by atoms with Gasteiger partial charge < -0.3 is 0 Å². The van der Waals surface area contributed by atoms with Crippen LogP contribution in [0.15, 0.2) is 54.9 Å². The third-order valence-electron chi connectivity index (χ3n) is 3.37. The fourth-order valence-electron chi connectivity index (χ4n) is 2.37. The van der Waals surface area contributed by atoms with Crippen LogP contribution >= 0.6 is 0 Å². The van der Waals surface area contributed by atoms with Crippen molar-refractivity contribution in [3.63, 3.8) is 0 Å². The molecule has 0 saturated heterocycles. The predicted molar refractivity (Wildman–Crippen MR) is 73.1 cm³/mol. The van der Waals surface area contributed by atoms with E-state index in [2.05, 4.69) is 52.9 Å². The molecule has 0 fully saturated rings. The molecule has 0 amide bonds. The summed E-state index contributed by atoms with van der Waals surface area (Å²) in [6.07, 6.45) is 3.86. The van der Waals surface area contributed by atoms with Gasteiger partial charge >= 0.3 is 5.82 Å². The molecule has 0 N–H and O–H groups in total. The van der Waals surface area contributed by atoms with Crippen LogP contribution in [0.5, 0.6) is 0 Å². The first kappa shape index (κ1) is 10.9. The van der Waals surface area contributed by atoms with Gasteiger partial charge in [-0.1, -0.05) is 30.3 Å². The first-order valence-electron chi connectivity index (χ1n) is 6.07. The van der Waals surface area contributed by atoms with E-state index in [9.17, 15) is 0 Å². The van der Waals surface area contributed by atoms with Gasteiger partial charge in [-0.05, 0) is 34.3 Å². The summed E-state index contributed by atoms with van der Waals surface area (Å²) in [5.41, 5.74) is 2.47. The molecular formula is C16H15N2+. The molecular weight excluding hydrogens is 220 g/mol. The average Bonchev–Trinajstić information content (AvgIpc) is 2.41. The normalized spacial score (nSPS) is 10.8. The number of nitrogens with zero attached hydrogens (tertiary/aromatic N) is 2. The number of aryl methyl sites for hydroxylation is 2. The van der Waals surface area contributed by atoms with Crippen LogP contribution in [0.1, 0.15) is 5.56 Å². The largest absolute Gasteiger partial charge is 0.330 e. The maximum Gasteiger partial charge on any atom is 0.330 e. The lowest BCUT2D eigenvalue weighted by Gasteiger charge is -2.06. The van der Waals surface area contributed by atoms with Crippen molar-refractivity contribution in [3.8, 4) is 11.4 Å². The van der Waals surface area contributed by atoms with Crippen LogP contribution in [0.4, 0.5) is 0 Å². The fraction of sp³-hybridized carbons (Fsp3) is 0.125. The minimum Gasteiger partial charge on any atom is -0.233 e. The summed E-state index contributed by atoms with van der Waals surface area (Å²) in [5, 5.41) is 2.57. The monoisotopic (exact) mass is 235 g/mol. The first-order chi connectivity index (χ1) is 8.77. The van der Waals surface area contributed by atoms with Gasteiger partial charge in [0.25, 0.3) is 0 Å². The second-order valence-electron chi connectivity index (χ2n) is 4.51. The zero-order valence-electron chi connectivity index (χ0n) is 10.6. The topological polar surface area (TPSA) is 16.8 Å². The summed E-state index contributed by atoms with van der Waals surface area (Å²) >= 11 is 0. The zero-order valence-corrected chi connectivity index (χ0v) is 10.6. The molecule has 0 aliphatic rings. The Labute approximate surface area is 107 Å². The maximum absolute atomic E-state index is 4.48. The van der Waals surface area contributed by atoms with E-state index in [1.54, 1.807) is 0 Å². The Bertz CT molecular complexity index is 717. The fourth-order valence-corrected chi connectivity index (χ4v) is 2.37. The summed E-state index contributed by atoms with van der Waals surface area (Å²) in [5.74, 6) is 1.00. The Morgan fingerprint density at radius 2 is 1.83 bits per heavy atom. The minimum atomic E-state index is 1.00. The molecule has 18 heavy (non-hydrogen) atoms. The van der Waals surface area contributed by atoms with Gasteiger partial charge in [0.1, 0.15) is 6.20 Å². The highest BCUT2D eigenvalue weighted by Crippen LogP contribution is 2.26. The Balaban J connectivity index is 2.31. The zero-order chi connectivity index (χ0) is 12.5. The van der Waals surface area contributed by atoms with E-state index < -0.39 is 0 Å². The van der Waals surface area contributed by atoms with Gasteiger partial charge in [0.15, 0.2) is 0 Å². The van der Waals surface area contributed by atoms with Gasteiger partial charge in [0.2, 0.25) is 0 Å². The molecule has 3 aromatic rings. The van der Waals surface area contributed by atoms with Crippen molar-refractivity contribution < 1.29 is 4.57 Å². The van der Waals surface area contributed by atoms with E-state index in [-0.39, 0.29) is 0 Å². The lowest BCUT2D eigenvalue weighted by molar-refractivity contribution is -0.663. The van der Waals surface area contributed by atoms with E-state index >= 15 is 0 Å². The van der Waals surface area contributed by atoms with E-state index in [4.69, 9.17) is 0 Å². The van der Waals surface area contributed by atoms with Gasteiger partial charge in [0, 0.05) is 6.07 Å². The van der Waals surface area contributed by atoms with Crippen molar-refractivity contribution in [3.05, 3.63) is 60.4 Å². The molecule has 1 aromatic heterocycles. The number of benzene rings is 2. The van der Waals surface area contributed by atoms with Gasteiger partial charge in [-0.2, -0.15) is 0 Å². The smallest absolute Gasteiger partial charge is 0.233 e. The van der Waals surface area contributed by atoms with Crippen LogP contribution < -0.4 is 4.57 Å². The molecule has 88 valence electrons. The predicted octanol–water partition coefficient (Wildman–Crippen LogP) is 3.03. The molecule has 2 aromatic carbocycles. The Hall–Kier alpha value is -2.22. The third-order valence-corrected chi connectivity index (χ3v) is 3.37. The van der Waals surface area contributed by atoms with Crippen molar-refractivity contribution in [2.75, 3.05) is 0 Å². The molecule has 0 radical (unpaired) electrons. The standard InChI is InChI=1S/C16H15N2/c1-12-14-7-4-3-6-13(14)8-9-15(12)16-17-10-5-11-18(16)2/h3-11H,1-2H3/q+1. The lowest BCUT2D eigenvalue weighted by atomic mass is 9.99. The van der Waals surface area contributed by atoms with Crippen LogP contribution in [0, 0.1) is 6.92 Å². The van der Waals surface area contributed by atoms with E-state index in [0.717, 1.165) is 5.82 Å². The highest BCUT2D eigenvalue weighted by atomic mass is 15.0. The summed E-state index contributed by atoms with van der Waals surface area (Å²) in [6, 6.07) is 14.7. The molecule has 0 unspecified atom stereocenters. The summed E-state index contributed by atoms with van der Waals surface area (Å²) in [4.78, 5) is 4.48.